The minimum Gasteiger partial charge on any atom is -0.394 e. The minimum atomic E-state index is -1.38. The van der Waals surface area contributed by atoms with E-state index in [1.165, 1.54) is 6.20 Å². The molecule has 1 fully saturated rings. The Hall–Kier alpha value is -1.52. The summed E-state index contributed by atoms with van der Waals surface area (Å²) in [4.78, 5) is 25.3. The van der Waals surface area contributed by atoms with Crippen molar-refractivity contribution in [2.75, 3.05) is 6.61 Å². The van der Waals surface area contributed by atoms with E-state index in [-0.39, 0.29) is 5.56 Å². The van der Waals surface area contributed by atoms with Crippen molar-refractivity contribution in [2.24, 2.45) is 0 Å². The van der Waals surface area contributed by atoms with Crippen LogP contribution in [-0.4, -0.2) is 61.6 Å². The van der Waals surface area contributed by atoms with E-state index in [1.54, 1.807) is 6.92 Å². The van der Waals surface area contributed by atoms with Gasteiger partial charge in [-0.05, 0) is 6.92 Å². The molecule has 0 bridgehead atoms. The smallest absolute Gasteiger partial charge is 0.325 e. The zero-order valence-electron chi connectivity index (χ0n) is 10.1. The fourth-order valence-corrected chi connectivity index (χ4v) is 1.36. The first-order chi connectivity index (χ1) is 8.86. The molecular formula is C10H16N2O7. The third-order valence-corrected chi connectivity index (χ3v) is 2.52. The third-order valence-electron chi connectivity index (χ3n) is 2.52. The van der Waals surface area contributed by atoms with E-state index in [2.05, 4.69) is 14.7 Å². The van der Waals surface area contributed by atoms with Crippen molar-refractivity contribution < 1.29 is 25.2 Å². The summed E-state index contributed by atoms with van der Waals surface area (Å²) < 4.78 is 4.54. The fourth-order valence-electron chi connectivity index (χ4n) is 1.36. The number of aromatic amines is 2. The average molecular weight is 276 g/mol. The first kappa shape index (κ1) is 15.5. The maximum Gasteiger partial charge on any atom is 0.325 e. The summed E-state index contributed by atoms with van der Waals surface area (Å²) in [5, 5.41) is 35.0. The number of aromatic nitrogens is 2. The Labute approximate surface area is 107 Å². The number of aliphatic hydroxyl groups is 4. The average Bonchev–Trinajstić information content (AvgIpc) is 2.62. The van der Waals surface area contributed by atoms with Gasteiger partial charge in [-0.1, -0.05) is 0 Å². The van der Waals surface area contributed by atoms with Crippen LogP contribution in [0.15, 0.2) is 15.8 Å². The molecule has 1 aromatic heterocycles. The highest BCUT2D eigenvalue weighted by Gasteiger charge is 2.41. The Balaban J connectivity index is 0.000000191. The van der Waals surface area contributed by atoms with Gasteiger partial charge in [-0.15, -0.1) is 0 Å². The van der Waals surface area contributed by atoms with Crippen molar-refractivity contribution in [3.63, 3.8) is 0 Å². The van der Waals surface area contributed by atoms with Crippen LogP contribution < -0.4 is 11.2 Å². The standard InChI is InChI=1S/C5H6N2O2.C5H10O5/c1-3-2-6-5(9)7-4(3)8;6-1-2-3(7)4(8)5(9)10-2/h2H,1H3,(H2,6,7,8,9);2-9H,1H2/t;2-,3-,4+,5-/m.1/s1. The van der Waals surface area contributed by atoms with Crippen LogP contribution in [-0.2, 0) is 4.74 Å². The molecule has 9 heteroatoms. The van der Waals surface area contributed by atoms with Crippen molar-refractivity contribution in [3.05, 3.63) is 32.6 Å². The normalized spacial score (nSPS) is 29.7. The van der Waals surface area contributed by atoms with Crippen molar-refractivity contribution in [1.82, 2.24) is 9.97 Å². The summed E-state index contributed by atoms with van der Waals surface area (Å²) in [7, 11) is 0. The van der Waals surface area contributed by atoms with E-state index in [4.69, 9.17) is 20.4 Å². The molecule has 9 nitrogen and oxygen atoms in total. The van der Waals surface area contributed by atoms with Crippen molar-refractivity contribution >= 4 is 0 Å². The van der Waals surface area contributed by atoms with Crippen LogP contribution in [0, 0.1) is 6.92 Å². The lowest BCUT2D eigenvalue weighted by Crippen LogP contribution is -2.33. The van der Waals surface area contributed by atoms with Gasteiger partial charge in [-0.2, -0.15) is 0 Å². The lowest BCUT2D eigenvalue weighted by Gasteiger charge is -2.09. The number of rotatable bonds is 1. The topological polar surface area (TPSA) is 156 Å². The van der Waals surface area contributed by atoms with Gasteiger partial charge in [0.1, 0.15) is 18.3 Å². The number of hydrogen-bond donors (Lipinski definition) is 6. The molecule has 1 aliphatic rings. The molecule has 1 aromatic rings. The predicted molar refractivity (Wildman–Crippen MR) is 62.4 cm³/mol. The van der Waals surface area contributed by atoms with Gasteiger partial charge in [-0.3, -0.25) is 9.78 Å². The summed E-state index contributed by atoms with van der Waals surface area (Å²) in [6, 6.07) is 0. The highest BCUT2D eigenvalue weighted by Crippen LogP contribution is 2.18. The van der Waals surface area contributed by atoms with Crippen molar-refractivity contribution in [1.29, 1.82) is 0 Å². The molecule has 19 heavy (non-hydrogen) atoms. The highest BCUT2D eigenvalue weighted by atomic mass is 16.6. The zero-order chi connectivity index (χ0) is 14.6. The van der Waals surface area contributed by atoms with Gasteiger partial charge in [0.15, 0.2) is 6.29 Å². The fraction of sp³-hybridized carbons (Fsp3) is 0.600. The second-order valence-corrected chi connectivity index (χ2v) is 3.98. The molecule has 2 rings (SSSR count). The van der Waals surface area contributed by atoms with Gasteiger partial charge in [-0.25, -0.2) is 4.79 Å². The van der Waals surface area contributed by atoms with Gasteiger partial charge in [0, 0.05) is 11.8 Å². The number of aryl methyl sites for hydroxylation is 1. The molecule has 0 radical (unpaired) electrons. The second kappa shape index (κ2) is 6.59. The van der Waals surface area contributed by atoms with Crippen LogP contribution in [0.2, 0.25) is 0 Å². The first-order valence-corrected chi connectivity index (χ1v) is 5.46. The number of nitrogens with one attached hydrogen (secondary N) is 2. The van der Waals surface area contributed by atoms with Crippen molar-refractivity contribution in [3.8, 4) is 0 Å². The number of H-pyrrole nitrogens is 2. The molecule has 1 aliphatic heterocycles. The van der Waals surface area contributed by atoms with Gasteiger partial charge < -0.3 is 30.1 Å². The third kappa shape index (κ3) is 3.98. The van der Waals surface area contributed by atoms with E-state index in [0.29, 0.717) is 5.56 Å². The maximum absolute atomic E-state index is 10.6. The molecule has 1 saturated heterocycles. The Morgan fingerprint density at radius 1 is 1.26 bits per heavy atom. The summed E-state index contributed by atoms with van der Waals surface area (Å²) >= 11 is 0. The predicted octanol–water partition coefficient (Wildman–Crippen LogP) is -3.21. The van der Waals surface area contributed by atoms with Gasteiger partial charge in [0.05, 0.1) is 6.61 Å². The number of aliphatic hydroxyl groups excluding tert-OH is 4. The minimum absolute atomic E-state index is 0.334. The van der Waals surface area contributed by atoms with Crippen LogP contribution >= 0.6 is 0 Å². The molecule has 0 aromatic carbocycles. The largest absolute Gasteiger partial charge is 0.394 e. The second-order valence-electron chi connectivity index (χ2n) is 3.98. The summed E-state index contributed by atoms with van der Waals surface area (Å²) in [6.07, 6.45) is -3.38. The monoisotopic (exact) mass is 276 g/mol. The molecule has 0 aliphatic carbocycles. The van der Waals surface area contributed by atoms with E-state index < -0.39 is 36.9 Å². The highest BCUT2D eigenvalue weighted by molar-refractivity contribution is 4.98. The van der Waals surface area contributed by atoms with E-state index in [9.17, 15) is 9.59 Å². The van der Waals surface area contributed by atoms with Crippen LogP contribution in [0.5, 0.6) is 0 Å². The van der Waals surface area contributed by atoms with Crippen LogP contribution in [0.25, 0.3) is 0 Å². The number of hydrogen-bond acceptors (Lipinski definition) is 7. The molecule has 108 valence electrons. The van der Waals surface area contributed by atoms with E-state index in [0.717, 1.165) is 0 Å². The van der Waals surface area contributed by atoms with E-state index in [1.807, 2.05) is 0 Å². The SMILES string of the molecule is Cc1c[nH]c(=O)[nH]c1=O.OC[C@H]1O[C@@H](O)[C@@H](O)[C@@H]1O. The molecule has 0 spiro atoms. The van der Waals surface area contributed by atoms with Crippen LogP contribution in [0.1, 0.15) is 5.56 Å². The summed E-state index contributed by atoms with van der Waals surface area (Å²) in [6.45, 7) is 1.21. The van der Waals surface area contributed by atoms with Crippen LogP contribution in [0.3, 0.4) is 0 Å². The maximum atomic E-state index is 10.6. The lowest BCUT2D eigenvalue weighted by molar-refractivity contribution is -0.132. The Kier molecular flexibility index (Phi) is 5.39. The summed E-state index contributed by atoms with van der Waals surface area (Å²) in [5.41, 5.74) is -0.293. The molecule has 4 atom stereocenters. The van der Waals surface area contributed by atoms with E-state index >= 15 is 0 Å². The Morgan fingerprint density at radius 3 is 2.21 bits per heavy atom. The van der Waals surface area contributed by atoms with Gasteiger partial charge in [0.2, 0.25) is 0 Å². The lowest BCUT2D eigenvalue weighted by atomic mass is 10.1. The quantitative estimate of drug-likeness (QED) is 0.315. The van der Waals surface area contributed by atoms with Gasteiger partial charge in [0.25, 0.3) is 5.56 Å². The molecule has 0 amide bonds. The molecule has 0 saturated carbocycles. The number of ether oxygens (including phenoxy) is 1. The van der Waals surface area contributed by atoms with Crippen molar-refractivity contribution in [2.45, 2.75) is 31.5 Å². The molecule has 0 unspecified atom stereocenters. The Bertz CT molecular complexity index is 511. The zero-order valence-corrected chi connectivity index (χ0v) is 10.1. The van der Waals surface area contributed by atoms with Crippen LogP contribution in [0.4, 0.5) is 0 Å². The summed E-state index contributed by atoms with van der Waals surface area (Å²) in [5.74, 6) is 0. The molecule has 2 heterocycles. The molecular weight excluding hydrogens is 260 g/mol. The Morgan fingerprint density at radius 2 is 1.89 bits per heavy atom. The first-order valence-electron chi connectivity index (χ1n) is 5.46. The molecule has 6 N–H and O–H groups in total. The van der Waals surface area contributed by atoms with Gasteiger partial charge >= 0.3 is 5.69 Å².